The van der Waals surface area contributed by atoms with E-state index in [1.165, 1.54) is 16.4 Å². The maximum atomic E-state index is 12.9. The van der Waals surface area contributed by atoms with Crippen molar-refractivity contribution in [3.05, 3.63) is 47.8 Å². The van der Waals surface area contributed by atoms with Crippen LogP contribution in [0.4, 0.5) is 4.39 Å². The summed E-state index contributed by atoms with van der Waals surface area (Å²) in [5.41, 5.74) is 0.119. The summed E-state index contributed by atoms with van der Waals surface area (Å²) in [6.07, 6.45) is 4.34. The summed E-state index contributed by atoms with van der Waals surface area (Å²) in [6.45, 7) is 0.618. The summed E-state index contributed by atoms with van der Waals surface area (Å²) < 4.78 is 45.3. The summed E-state index contributed by atoms with van der Waals surface area (Å²) in [5, 5.41) is -0.467. The number of ether oxygens (including phenoxy) is 1. The lowest BCUT2D eigenvalue weighted by Gasteiger charge is -2.19. The van der Waals surface area contributed by atoms with Gasteiger partial charge in [-0.05, 0) is 24.1 Å². The van der Waals surface area contributed by atoms with Gasteiger partial charge in [-0.2, -0.15) is 4.31 Å². The fourth-order valence-corrected chi connectivity index (χ4v) is 5.62. The minimum atomic E-state index is -3.35. The van der Waals surface area contributed by atoms with Gasteiger partial charge in [-0.3, -0.25) is 0 Å². The van der Waals surface area contributed by atoms with Crippen LogP contribution in [-0.4, -0.2) is 36.2 Å². The number of benzene rings is 1. The zero-order valence-electron chi connectivity index (χ0n) is 10.7. The van der Waals surface area contributed by atoms with Gasteiger partial charge in [0, 0.05) is 13.1 Å². The van der Waals surface area contributed by atoms with Crippen LogP contribution in [0, 0.1) is 5.82 Å². The summed E-state index contributed by atoms with van der Waals surface area (Å²) in [7, 11) is -3.35. The Kier molecular flexibility index (Phi) is 2.44. The standard InChI is InChI=1S/C14H14FNO3S/c15-11-3-1-10(2-4-11)8-16-9-14-6-5-12(19-14)7-13(14)20(16,17)18/h1-6,12-13H,7-9H2/t12?,13?,14-/m0/s1. The van der Waals surface area contributed by atoms with Crippen LogP contribution in [0.5, 0.6) is 0 Å². The van der Waals surface area contributed by atoms with Crippen LogP contribution in [0.2, 0.25) is 0 Å². The SMILES string of the molecule is O=S1(=O)C2CC3C=C[C@@]2(CN1Cc1ccc(F)cc1)O3. The largest absolute Gasteiger partial charge is 0.361 e. The molecule has 1 spiro atoms. The van der Waals surface area contributed by atoms with Crippen molar-refractivity contribution in [2.24, 2.45) is 0 Å². The number of sulfonamides is 1. The normalized spacial score (nSPS) is 37.5. The number of hydrogen-bond acceptors (Lipinski definition) is 3. The fraction of sp³-hybridized carbons (Fsp3) is 0.429. The second-order valence-corrected chi connectivity index (χ2v) is 7.75. The Balaban J connectivity index is 1.64. The van der Waals surface area contributed by atoms with E-state index in [2.05, 4.69) is 0 Å². The number of rotatable bonds is 2. The van der Waals surface area contributed by atoms with Crippen LogP contribution in [0.3, 0.4) is 0 Å². The molecule has 6 heteroatoms. The molecule has 106 valence electrons. The van der Waals surface area contributed by atoms with Crippen LogP contribution >= 0.6 is 0 Å². The molecule has 0 aromatic heterocycles. The van der Waals surface area contributed by atoms with Crippen molar-refractivity contribution in [3.63, 3.8) is 0 Å². The zero-order chi connectivity index (χ0) is 14.0. The maximum Gasteiger partial charge on any atom is 0.220 e. The molecule has 0 aliphatic carbocycles. The Morgan fingerprint density at radius 2 is 2.10 bits per heavy atom. The third-order valence-electron chi connectivity index (χ3n) is 4.37. The Morgan fingerprint density at radius 1 is 1.35 bits per heavy atom. The van der Waals surface area contributed by atoms with E-state index >= 15 is 0 Å². The highest BCUT2D eigenvalue weighted by molar-refractivity contribution is 7.90. The van der Waals surface area contributed by atoms with Gasteiger partial charge < -0.3 is 4.74 Å². The quantitative estimate of drug-likeness (QED) is 0.776. The van der Waals surface area contributed by atoms with Gasteiger partial charge in [0.15, 0.2) is 0 Å². The summed E-state index contributed by atoms with van der Waals surface area (Å²) in [6, 6.07) is 5.92. The first-order valence-electron chi connectivity index (χ1n) is 6.60. The molecular weight excluding hydrogens is 281 g/mol. The third kappa shape index (κ3) is 1.62. The molecule has 3 heterocycles. The van der Waals surface area contributed by atoms with Crippen molar-refractivity contribution < 1.29 is 17.5 Å². The van der Waals surface area contributed by atoms with E-state index in [1.807, 2.05) is 12.2 Å². The lowest BCUT2D eigenvalue weighted by molar-refractivity contribution is 0.0298. The average molecular weight is 295 g/mol. The Morgan fingerprint density at radius 3 is 2.75 bits per heavy atom. The molecule has 0 amide bonds. The van der Waals surface area contributed by atoms with E-state index in [0.29, 0.717) is 13.0 Å². The molecule has 4 rings (SSSR count). The molecule has 2 bridgehead atoms. The number of fused-ring (bicyclic) bond motifs is 1. The zero-order valence-corrected chi connectivity index (χ0v) is 11.5. The topological polar surface area (TPSA) is 46.6 Å². The molecule has 20 heavy (non-hydrogen) atoms. The number of nitrogens with zero attached hydrogens (tertiary/aromatic N) is 1. The molecule has 1 aromatic rings. The van der Waals surface area contributed by atoms with Gasteiger partial charge in [0.25, 0.3) is 0 Å². The predicted octanol–water partition coefficient (Wildman–Crippen LogP) is 1.44. The summed E-state index contributed by atoms with van der Waals surface area (Å²) >= 11 is 0. The second kappa shape index (κ2) is 3.90. The van der Waals surface area contributed by atoms with Gasteiger partial charge in [0.05, 0.1) is 6.10 Å². The van der Waals surface area contributed by atoms with Gasteiger partial charge >= 0.3 is 0 Å². The summed E-state index contributed by atoms with van der Waals surface area (Å²) in [4.78, 5) is 0. The first-order chi connectivity index (χ1) is 9.49. The van der Waals surface area contributed by atoms with Gasteiger partial charge in [-0.25, -0.2) is 12.8 Å². The van der Waals surface area contributed by atoms with Crippen molar-refractivity contribution in [2.75, 3.05) is 6.54 Å². The van der Waals surface area contributed by atoms with Crippen LogP contribution in [0.15, 0.2) is 36.4 Å². The molecule has 2 saturated heterocycles. The number of halogens is 1. The molecule has 3 atom stereocenters. The van der Waals surface area contributed by atoms with E-state index in [9.17, 15) is 12.8 Å². The molecule has 0 saturated carbocycles. The fourth-order valence-electron chi connectivity index (χ4n) is 3.40. The highest BCUT2D eigenvalue weighted by Crippen LogP contribution is 2.48. The van der Waals surface area contributed by atoms with E-state index in [-0.39, 0.29) is 18.5 Å². The van der Waals surface area contributed by atoms with Crippen molar-refractivity contribution in [1.82, 2.24) is 4.31 Å². The van der Waals surface area contributed by atoms with Crippen molar-refractivity contribution in [2.45, 2.75) is 29.9 Å². The van der Waals surface area contributed by atoms with Crippen molar-refractivity contribution >= 4 is 10.0 Å². The van der Waals surface area contributed by atoms with E-state index in [1.54, 1.807) is 12.1 Å². The Labute approximate surface area is 116 Å². The third-order valence-corrected chi connectivity index (χ3v) is 6.66. The van der Waals surface area contributed by atoms with Crippen LogP contribution < -0.4 is 0 Å². The number of hydrogen-bond donors (Lipinski definition) is 0. The van der Waals surface area contributed by atoms with Crippen LogP contribution in [0.1, 0.15) is 12.0 Å². The second-order valence-electron chi connectivity index (χ2n) is 5.63. The first kappa shape index (κ1) is 12.5. The monoisotopic (exact) mass is 295 g/mol. The van der Waals surface area contributed by atoms with Gasteiger partial charge in [0.1, 0.15) is 16.7 Å². The average Bonchev–Trinajstić information content (AvgIpc) is 3.03. The van der Waals surface area contributed by atoms with Crippen LogP contribution in [0.25, 0.3) is 0 Å². The minimum absolute atomic E-state index is 0.0530. The first-order valence-corrected chi connectivity index (χ1v) is 8.11. The van der Waals surface area contributed by atoms with Gasteiger partial charge in [0.2, 0.25) is 10.0 Å². The lowest BCUT2D eigenvalue weighted by atomic mass is 9.94. The molecule has 0 N–H and O–H groups in total. The van der Waals surface area contributed by atoms with E-state index < -0.39 is 20.9 Å². The lowest BCUT2D eigenvalue weighted by Crippen LogP contribution is -2.36. The van der Waals surface area contributed by atoms with E-state index in [4.69, 9.17) is 4.74 Å². The molecule has 1 aromatic carbocycles. The highest BCUT2D eigenvalue weighted by atomic mass is 32.2. The van der Waals surface area contributed by atoms with Crippen molar-refractivity contribution in [3.8, 4) is 0 Å². The maximum absolute atomic E-state index is 12.9. The Bertz CT molecular complexity index is 685. The highest BCUT2D eigenvalue weighted by Gasteiger charge is 2.63. The van der Waals surface area contributed by atoms with Crippen molar-refractivity contribution in [1.29, 1.82) is 0 Å². The summed E-state index contributed by atoms with van der Waals surface area (Å²) in [5.74, 6) is -0.321. The smallest absolute Gasteiger partial charge is 0.220 e. The van der Waals surface area contributed by atoms with E-state index in [0.717, 1.165) is 5.56 Å². The van der Waals surface area contributed by atoms with Crippen LogP contribution in [-0.2, 0) is 21.3 Å². The predicted molar refractivity (Wildman–Crippen MR) is 70.9 cm³/mol. The molecule has 3 aliphatic rings. The molecule has 2 unspecified atom stereocenters. The molecular formula is C14H14FNO3S. The van der Waals surface area contributed by atoms with Gasteiger partial charge in [-0.15, -0.1) is 0 Å². The molecule has 0 radical (unpaired) electrons. The van der Waals surface area contributed by atoms with Gasteiger partial charge in [-0.1, -0.05) is 24.3 Å². The molecule has 3 aliphatic heterocycles. The minimum Gasteiger partial charge on any atom is -0.361 e. The molecule has 2 fully saturated rings. The molecule has 4 nitrogen and oxygen atoms in total. The Hall–Kier alpha value is -1.24.